The summed E-state index contributed by atoms with van der Waals surface area (Å²) in [7, 11) is 0. The van der Waals surface area contributed by atoms with Crippen molar-refractivity contribution in [3.8, 4) is 17.1 Å². The molecule has 0 aliphatic carbocycles. The summed E-state index contributed by atoms with van der Waals surface area (Å²) < 4.78 is 0. The summed E-state index contributed by atoms with van der Waals surface area (Å²) in [5.74, 6) is -1.57. The normalized spacial score (nSPS) is 10.4. The minimum Gasteiger partial charge on any atom is -0.872 e. The smallest absolute Gasteiger partial charge is 0.872 e. The number of nitrogens with zero attached hydrogens (tertiary/aromatic N) is 5. The molecule has 2 aromatic heterocycles. The Morgan fingerprint density at radius 1 is 0.794 bits per heavy atom. The van der Waals surface area contributed by atoms with Crippen molar-refractivity contribution in [2.75, 3.05) is 6.54 Å². The first kappa shape index (κ1) is 26.1. The average molecular weight is 501 g/mol. The Bertz CT molecular complexity index is 1180. The van der Waals surface area contributed by atoms with E-state index in [-0.39, 0.29) is 28.4 Å². The summed E-state index contributed by atoms with van der Waals surface area (Å²) in [6, 6.07) is 25.1. The summed E-state index contributed by atoms with van der Waals surface area (Å²) in [5.41, 5.74) is 3.25. The van der Waals surface area contributed by atoms with Gasteiger partial charge in [-0.05, 0) is 54.1 Å². The van der Waals surface area contributed by atoms with Crippen LogP contribution in [0.25, 0.3) is 11.4 Å². The molecule has 0 saturated carbocycles. The van der Waals surface area contributed by atoms with Crippen molar-refractivity contribution in [3.05, 3.63) is 103 Å². The van der Waals surface area contributed by atoms with Gasteiger partial charge in [0.1, 0.15) is 0 Å². The van der Waals surface area contributed by atoms with E-state index in [4.69, 9.17) is 0 Å². The van der Waals surface area contributed by atoms with Gasteiger partial charge in [-0.2, -0.15) is 10.2 Å². The van der Waals surface area contributed by atoms with Crippen LogP contribution in [0.5, 0.6) is 5.75 Å². The van der Waals surface area contributed by atoms with Gasteiger partial charge in [0.25, 0.3) is 0 Å². The fourth-order valence-electron chi connectivity index (χ4n) is 2.56. The Morgan fingerprint density at radius 3 is 1.94 bits per heavy atom. The molecule has 0 aliphatic heterocycles. The maximum absolute atomic E-state index is 11.6. The third-order valence-electron chi connectivity index (χ3n) is 4.07. The van der Waals surface area contributed by atoms with Crippen LogP contribution in [0.3, 0.4) is 0 Å². The first-order valence-electron chi connectivity index (χ1n) is 9.92. The average Bonchev–Trinajstić information content (AvgIpc) is 2.86. The van der Waals surface area contributed by atoms with E-state index in [9.17, 15) is 15.0 Å². The zero-order valence-electron chi connectivity index (χ0n) is 17.8. The van der Waals surface area contributed by atoms with Crippen LogP contribution in [0.2, 0.25) is 0 Å². The van der Waals surface area contributed by atoms with Crippen molar-refractivity contribution >= 4 is 23.6 Å². The van der Waals surface area contributed by atoms with Crippen LogP contribution in [0, 0.1) is 0 Å². The van der Waals surface area contributed by atoms with Gasteiger partial charge < -0.3 is 15.0 Å². The second kappa shape index (κ2) is 14.1. The quantitative estimate of drug-likeness (QED) is 0.227. The minimum atomic E-state index is -1.31. The molecule has 0 fully saturated rings. The number of carbonyl (C=O) groups excluding carboxylic acids is 1. The summed E-state index contributed by atoms with van der Waals surface area (Å²) in [6.45, 7) is -0.491. The molecule has 0 N–H and O–H groups in total. The summed E-state index contributed by atoms with van der Waals surface area (Å²) in [6.07, 6.45) is 4.73. The number of aliphatic carboxylic acids is 1. The van der Waals surface area contributed by atoms with Crippen LogP contribution in [0.15, 0.2) is 113 Å². The summed E-state index contributed by atoms with van der Waals surface area (Å²) in [5, 5.41) is 29.9. The van der Waals surface area contributed by atoms with Crippen LogP contribution >= 0.6 is 0 Å². The van der Waals surface area contributed by atoms with Gasteiger partial charge in [-0.1, -0.05) is 42.1 Å². The molecule has 0 bridgehead atoms. The van der Waals surface area contributed by atoms with Crippen LogP contribution in [0.1, 0.15) is 5.56 Å². The van der Waals surface area contributed by atoms with Crippen molar-refractivity contribution in [2.24, 2.45) is 15.2 Å². The fraction of sp³-hybridized carbons (Fsp3) is 0.0400. The van der Waals surface area contributed by atoms with Crippen LogP contribution in [0.4, 0.5) is 11.4 Å². The van der Waals surface area contributed by atoms with Crippen molar-refractivity contribution in [3.63, 3.8) is 0 Å². The Labute approximate surface area is 207 Å². The molecule has 0 aliphatic rings. The molecule has 1 radical (unpaired) electrons. The Morgan fingerprint density at radius 2 is 1.38 bits per heavy atom. The number of benzene rings is 2. The molecule has 173 valence electrons. The number of aromatic nitrogens is 2. The molecule has 0 spiro atoms. The zero-order chi connectivity index (χ0) is 23.3. The first-order valence-corrected chi connectivity index (χ1v) is 9.92. The first-order chi connectivity index (χ1) is 16.1. The second-order valence-corrected chi connectivity index (χ2v) is 6.53. The van der Waals surface area contributed by atoms with Crippen molar-refractivity contribution < 1.29 is 32.1 Å². The van der Waals surface area contributed by atoms with Gasteiger partial charge in [-0.25, -0.2) is 0 Å². The number of aliphatic imine (C=N–C) groups is 1. The molecule has 4 rings (SSSR count). The van der Waals surface area contributed by atoms with Gasteiger partial charge >= 0.3 is 17.1 Å². The maximum Gasteiger partial charge on any atom is 2.00 e. The van der Waals surface area contributed by atoms with Crippen LogP contribution < -0.4 is 10.2 Å². The van der Waals surface area contributed by atoms with Crippen molar-refractivity contribution in [1.29, 1.82) is 0 Å². The molecular formula is C25H19CuN5O3. The molecule has 0 unspecified atom stereocenters. The van der Waals surface area contributed by atoms with E-state index in [0.717, 1.165) is 11.4 Å². The molecule has 34 heavy (non-hydrogen) atoms. The Kier molecular flexibility index (Phi) is 10.8. The Hall–Kier alpha value is -4.20. The van der Waals surface area contributed by atoms with E-state index in [2.05, 4.69) is 25.2 Å². The molecule has 4 aromatic rings. The Balaban J connectivity index is 0.000000266. The molecule has 0 saturated heterocycles. The predicted molar refractivity (Wildman–Crippen MR) is 121 cm³/mol. The van der Waals surface area contributed by atoms with Crippen LogP contribution in [-0.2, 0) is 21.9 Å². The molecule has 9 heteroatoms. The largest absolute Gasteiger partial charge is 2.00 e. The summed E-state index contributed by atoms with van der Waals surface area (Å²) >= 11 is 0. The maximum atomic E-state index is 11.6. The number of carboxylic acids is 1. The zero-order valence-corrected chi connectivity index (χ0v) is 18.7. The van der Waals surface area contributed by atoms with E-state index in [1.165, 1.54) is 24.4 Å². The van der Waals surface area contributed by atoms with E-state index < -0.39 is 12.5 Å². The number of hydrogen-bond donors (Lipinski definition) is 0. The number of carbonyl (C=O) groups is 1. The standard InChI is InChI=1S/C15H13N3O3.C10H8N2.Cu/c19-14-7-6-13(8-11(14)9-16-10-15(20)21)18-17-12-4-2-1-3-5-12;1-3-7-11-9(5-1)10-6-2-4-8-12-10;/h1-9,19H,10H2,(H,20,21);1-8H;/q;;+2/p-2. The fourth-order valence-corrected chi connectivity index (χ4v) is 2.56. The van der Waals surface area contributed by atoms with Crippen molar-refractivity contribution in [2.45, 2.75) is 0 Å². The van der Waals surface area contributed by atoms with Gasteiger partial charge in [0, 0.05) is 18.6 Å². The van der Waals surface area contributed by atoms with Gasteiger partial charge in [0.2, 0.25) is 0 Å². The van der Waals surface area contributed by atoms with Gasteiger partial charge in [-0.15, -0.1) is 0 Å². The van der Waals surface area contributed by atoms with E-state index >= 15 is 0 Å². The number of carboxylic acid groups (broad SMARTS) is 1. The monoisotopic (exact) mass is 500 g/mol. The summed E-state index contributed by atoms with van der Waals surface area (Å²) in [4.78, 5) is 22.2. The van der Waals surface area contributed by atoms with Crippen molar-refractivity contribution in [1.82, 2.24) is 9.97 Å². The molecular weight excluding hydrogens is 482 g/mol. The van der Waals surface area contributed by atoms with Gasteiger partial charge in [0.15, 0.2) is 0 Å². The molecule has 2 heterocycles. The SMILES string of the molecule is O=C([O-])CN=Cc1cc(N=Nc2ccccc2)ccc1[O-].[Cu+2].c1ccc(-c2ccccn2)nc1. The molecule has 8 nitrogen and oxygen atoms in total. The minimum absolute atomic E-state index is 0. The van der Waals surface area contributed by atoms with Gasteiger partial charge in [0.05, 0.1) is 35.3 Å². The van der Waals surface area contributed by atoms with Gasteiger partial charge in [-0.3, -0.25) is 15.0 Å². The third kappa shape index (κ3) is 8.74. The topological polar surface area (TPSA) is 126 Å². The molecule has 0 amide bonds. The predicted octanol–water partition coefficient (Wildman–Crippen LogP) is 3.49. The van der Waals surface area contributed by atoms with E-state index in [1.807, 2.05) is 54.6 Å². The van der Waals surface area contributed by atoms with E-state index in [1.54, 1.807) is 24.5 Å². The number of rotatable bonds is 6. The van der Waals surface area contributed by atoms with E-state index in [0.29, 0.717) is 11.4 Å². The van der Waals surface area contributed by atoms with Crippen LogP contribution in [-0.4, -0.2) is 28.7 Å². The number of hydrogen-bond acceptors (Lipinski definition) is 8. The number of azo groups is 1. The molecule has 2 aromatic carbocycles. The second-order valence-electron chi connectivity index (χ2n) is 6.53. The molecule has 0 atom stereocenters. The number of pyridine rings is 2. The third-order valence-corrected chi connectivity index (χ3v) is 4.07.